The van der Waals surface area contributed by atoms with Crippen LogP contribution < -0.4 is 10.5 Å². The number of alkyl halides is 3. The third-order valence-corrected chi connectivity index (χ3v) is 8.47. The van der Waals surface area contributed by atoms with Gasteiger partial charge in [-0.25, -0.2) is 4.79 Å². The fourth-order valence-electron chi connectivity index (χ4n) is 5.76. The second-order valence-corrected chi connectivity index (χ2v) is 11.1. The monoisotopic (exact) mass is 632 g/mol. The molecule has 6 rings (SSSR count). The van der Waals surface area contributed by atoms with Gasteiger partial charge in [-0.05, 0) is 61.1 Å². The van der Waals surface area contributed by atoms with E-state index in [0.717, 1.165) is 34.0 Å². The van der Waals surface area contributed by atoms with Crippen LogP contribution in [0.4, 0.5) is 19.0 Å². The number of hydrogen-bond acceptors (Lipinski definition) is 3. The van der Waals surface area contributed by atoms with Crippen molar-refractivity contribution in [3.05, 3.63) is 134 Å². The van der Waals surface area contributed by atoms with Gasteiger partial charge in [-0.2, -0.15) is 13.2 Å². The zero-order valence-corrected chi connectivity index (χ0v) is 23.7. The summed E-state index contributed by atoms with van der Waals surface area (Å²) >= 11 is 3.46. The maximum absolute atomic E-state index is 13.9. The highest BCUT2D eigenvalue weighted by Crippen LogP contribution is 2.44. The number of nitrogens with zero attached hydrogens (tertiary/aromatic N) is 2. The average Bonchev–Trinajstić information content (AvgIpc) is 3.35. The molecule has 0 unspecified atom stereocenters. The number of hydrogen-bond donors (Lipinski definition) is 1. The van der Waals surface area contributed by atoms with Crippen molar-refractivity contribution < 1.29 is 23.1 Å². The van der Waals surface area contributed by atoms with E-state index in [4.69, 9.17) is 0 Å². The predicted octanol–water partition coefficient (Wildman–Crippen LogP) is 7.69. The van der Waals surface area contributed by atoms with E-state index in [0.29, 0.717) is 11.1 Å². The van der Waals surface area contributed by atoms with E-state index >= 15 is 0 Å². The molecular formula is C33H24BrF3N2O3. The van der Waals surface area contributed by atoms with Crippen LogP contribution in [0, 0.1) is 0 Å². The molecule has 0 bridgehead atoms. The number of carboxylic acids is 1. The topological polar surface area (TPSA) is 62.5 Å². The molecular weight excluding hydrogens is 609 g/mol. The Hall–Kier alpha value is -4.37. The number of anilines is 1. The van der Waals surface area contributed by atoms with Crippen LogP contribution in [0.15, 0.2) is 106 Å². The summed E-state index contributed by atoms with van der Waals surface area (Å²) in [6.07, 6.45) is -4.36. The molecule has 0 saturated carbocycles. The first kappa shape index (κ1) is 27.8. The number of aliphatic carboxylic acids is 1. The molecule has 0 spiro atoms. The Balaban J connectivity index is 1.66. The van der Waals surface area contributed by atoms with E-state index in [9.17, 15) is 27.9 Å². The molecule has 9 heteroatoms. The standard InChI is InChI=1S/C33H24BrF3N2O3/c34-29-26(17-22-12-6-11-21-10-4-5-15-25(21)22)28(23-13-7-14-24(16-23)33(35,36)37)30-38(18-20-8-2-1-3-9-20)19-27(32(41)42)39(30)31(29)40/h1-16,27H,17-19H2,(H,41,42)/t27-/m0/s1. The molecule has 5 aromatic rings. The van der Waals surface area contributed by atoms with Crippen molar-refractivity contribution in [3.63, 3.8) is 0 Å². The molecule has 0 saturated heterocycles. The predicted molar refractivity (Wildman–Crippen MR) is 160 cm³/mol. The molecule has 1 aromatic heterocycles. The molecule has 5 nitrogen and oxygen atoms in total. The number of carboxylic acid groups (broad SMARTS) is 1. The van der Waals surface area contributed by atoms with Crippen LogP contribution in [-0.4, -0.2) is 22.2 Å². The van der Waals surface area contributed by atoms with Crippen molar-refractivity contribution in [2.24, 2.45) is 0 Å². The average molecular weight is 633 g/mol. The minimum absolute atomic E-state index is 0.0183. The highest BCUT2D eigenvalue weighted by atomic mass is 79.9. The molecule has 1 atom stereocenters. The lowest BCUT2D eigenvalue weighted by Gasteiger charge is -2.25. The summed E-state index contributed by atoms with van der Waals surface area (Å²) in [5.41, 5.74) is 1.50. The summed E-state index contributed by atoms with van der Waals surface area (Å²) in [7, 11) is 0. The SMILES string of the molecule is O=C(O)[C@@H]1CN(Cc2ccccc2)c2c(-c3cccc(C(F)(F)F)c3)c(Cc3cccc4ccccc34)c(Br)c(=O)n21. The summed E-state index contributed by atoms with van der Waals surface area (Å²) in [6, 6.07) is 26.7. The van der Waals surface area contributed by atoms with Gasteiger partial charge < -0.3 is 10.0 Å². The lowest BCUT2D eigenvalue weighted by atomic mass is 9.92. The Morgan fingerprint density at radius 2 is 1.62 bits per heavy atom. The summed E-state index contributed by atoms with van der Waals surface area (Å²) in [6.45, 7) is 0.251. The molecule has 2 heterocycles. The number of rotatable bonds is 6. The Morgan fingerprint density at radius 1 is 0.929 bits per heavy atom. The van der Waals surface area contributed by atoms with Crippen LogP contribution in [0.25, 0.3) is 21.9 Å². The van der Waals surface area contributed by atoms with Crippen molar-refractivity contribution in [2.75, 3.05) is 11.4 Å². The maximum Gasteiger partial charge on any atom is 0.416 e. The Labute approximate surface area is 247 Å². The number of carbonyl (C=O) groups is 1. The normalized spacial score (nSPS) is 14.8. The number of pyridine rings is 1. The zero-order chi connectivity index (χ0) is 29.6. The number of benzene rings is 4. The van der Waals surface area contributed by atoms with E-state index in [2.05, 4.69) is 15.9 Å². The Morgan fingerprint density at radius 3 is 2.36 bits per heavy atom. The van der Waals surface area contributed by atoms with Crippen molar-refractivity contribution in [2.45, 2.75) is 25.2 Å². The molecule has 212 valence electrons. The highest BCUT2D eigenvalue weighted by Gasteiger charge is 2.39. The molecule has 0 amide bonds. The highest BCUT2D eigenvalue weighted by molar-refractivity contribution is 9.10. The first-order valence-corrected chi connectivity index (χ1v) is 14.1. The third-order valence-electron chi connectivity index (χ3n) is 7.66. The quantitative estimate of drug-likeness (QED) is 0.208. The molecule has 1 N–H and O–H groups in total. The van der Waals surface area contributed by atoms with E-state index in [1.165, 1.54) is 10.6 Å². The van der Waals surface area contributed by atoms with Crippen molar-refractivity contribution in [3.8, 4) is 11.1 Å². The van der Waals surface area contributed by atoms with Gasteiger partial charge in [0.25, 0.3) is 5.56 Å². The van der Waals surface area contributed by atoms with Gasteiger partial charge in [0.05, 0.1) is 16.6 Å². The van der Waals surface area contributed by atoms with E-state index < -0.39 is 29.3 Å². The van der Waals surface area contributed by atoms with Gasteiger partial charge in [-0.3, -0.25) is 9.36 Å². The second-order valence-electron chi connectivity index (χ2n) is 10.3. The summed E-state index contributed by atoms with van der Waals surface area (Å²) in [4.78, 5) is 28.1. The molecule has 1 aliphatic rings. The smallest absolute Gasteiger partial charge is 0.416 e. The first-order valence-electron chi connectivity index (χ1n) is 13.3. The van der Waals surface area contributed by atoms with Crippen molar-refractivity contribution >= 4 is 38.5 Å². The zero-order valence-electron chi connectivity index (χ0n) is 22.1. The molecule has 1 aliphatic heterocycles. The minimum Gasteiger partial charge on any atom is -0.480 e. The molecule has 0 radical (unpaired) electrons. The van der Waals surface area contributed by atoms with Gasteiger partial charge in [-0.15, -0.1) is 0 Å². The van der Waals surface area contributed by atoms with Gasteiger partial charge in [0.15, 0.2) is 6.04 Å². The van der Waals surface area contributed by atoms with Gasteiger partial charge in [0.2, 0.25) is 0 Å². The number of fused-ring (bicyclic) bond motifs is 2. The van der Waals surface area contributed by atoms with Crippen LogP contribution in [0.5, 0.6) is 0 Å². The first-order chi connectivity index (χ1) is 20.1. The second kappa shape index (κ2) is 10.8. The minimum atomic E-state index is -4.59. The lowest BCUT2D eigenvalue weighted by Crippen LogP contribution is -2.29. The number of aromatic nitrogens is 1. The van der Waals surface area contributed by atoms with Gasteiger partial charge in [0, 0.05) is 18.5 Å². The Bertz CT molecular complexity index is 1880. The summed E-state index contributed by atoms with van der Waals surface area (Å²) in [5.74, 6) is -0.911. The van der Waals surface area contributed by atoms with Crippen LogP contribution in [0.3, 0.4) is 0 Å². The molecule has 42 heavy (non-hydrogen) atoms. The van der Waals surface area contributed by atoms with Crippen LogP contribution in [0.2, 0.25) is 0 Å². The van der Waals surface area contributed by atoms with E-state index in [1.807, 2.05) is 72.8 Å². The van der Waals surface area contributed by atoms with Crippen LogP contribution >= 0.6 is 15.9 Å². The van der Waals surface area contributed by atoms with Gasteiger partial charge >= 0.3 is 12.1 Å². The van der Waals surface area contributed by atoms with Crippen LogP contribution in [-0.2, 0) is 23.9 Å². The van der Waals surface area contributed by atoms with Crippen LogP contribution in [0.1, 0.15) is 28.3 Å². The Kier molecular flexibility index (Phi) is 7.14. The van der Waals surface area contributed by atoms with Crippen molar-refractivity contribution in [1.29, 1.82) is 0 Å². The number of halogens is 4. The summed E-state index contributed by atoms with van der Waals surface area (Å²) < 4.78 is 43.0. The molecule has 0 aliphatic carbocycles. The van der Waals surface area contributed by atoms with Crippen molar-refractivity contribution in [1.82, 2.24) is 4.57 Å². The molecule has 0 fully saturated rings. The lowest BCUT2D eigenvalue weighted by molar-refractivity contribution is -0.140. The van der Waals surface area contributed by atoms with Gasteiger partial charge in [0.1, 0.15) is 5.82 Å². The van der Waals surface area contributed by atoms with Gasteiger partial charge in [-0.1, -0.05) is 84.9 Å². The third kappa shape index (κ3) is 4.98. The largest absolute Gasteiger partial charge is 0.480 e. The molecule has 4 aromatic carbocycles. The summed E-state index contributed by atoms with van der Waals surface area (Å²) in [5, 5.41) is 12.1. The fraction of sp³-hybridized carbons (Fsp3) is 0.152. The fourth-order valence-corrected chi connectivity index (χ4v) is 6.29. The van der Waals surface area contributed by atoms with E-state index in [-0.39, 0.29) is 35.4 Å². The van der Waals surface area contributed by atoms with E-state index in [1.54, 1.807) is 11.0 Å². The maximum atomic E-state index is 13.9.